The van der Waals surface area contributed by atoms with Gasteiger partial charge in [0.15, 0.2) is 11.6 Å². The maximum atomic E-state index is 14.9. The molecule has 0 fully saturated rings. The Morgan fingerprint density at radius 1 is 0.969 bits per heavy atom. The Bertz CT molecular complexity index is 1200. The number of nitrogens with zero attached hydrogens (tertiary/aromatic N) is 1. The SMILES string of the molecule is Cc1cc(I)ccc1Nc1c(C(=O)O)cc(C(=O)Nc2ccc(N(C)C)cc2)c(F)c1F. The van der Waals surface area contributed by atoms with Gasteiger partial charge in [-0.1, -0.05) is 0 Å². The zero-order chi connectivity index (χ0) is 23.6. The molecule has 0 unspecified atom stereocenters. The minimum atomic E-state index is -1.50. The molecule has 3 aromatic carbocycles. The molecule has 0 spiro atoms. The largest absolute Gasteiger partial charge is 0.478 e. The van der Waals surface area contributed by atoms with Gasteiger partial charge in [0.25, 0.3) is 5.91 Å². The first kappa shape index (κ1) is 23.5. The summed E-state index contributed by atoms with van der Waals surface area (Å²) in [4.78, 5) is 26.2. The summed E-state index contributed by atoms with van der Waals surface area (Å²) in [7, 11) is 3.71. The summed E-state index contributed by atoms with van der Waals surface area (Å²) in [6.07, 6.45) is 0. The van der Waals surface area contributed by atoms with E-state index >= 15 is 0 Å². The highest BCUT2D eigenvalue weighted by atomic mass is 127. The third-order valence-electron chi connectivity index (χ3n) is 4.77. The molecule has 32 heavy (non-hydrogen) atoms. The van der Waals surface area contributed by atoms with E-state index in [1.807, 2.05) is 19.0 Å². The normalized spacial score (nSPS) is 10.6. The van der Waals surface area contributed by atoms with Crippen LogP contribution in [-0.2, 0) is 0 Å². The Hall–Kier alpha value is -3.21. The zero-order valence-electron chi connectivity index (χ0n) is 17.5. The summed E-state index contributed by atoms with van der Waals surface area (Å²) in [5, 5.41) is 14.7. The highest BCUT2D eigenvalue weighted by molar-refractivity contribution is 14.1. The van der Waals surface area contributed by atoms with Gasteiger partial charge in [-0.05, 0) is 83.6 Å². The molecule has 0 atom stereocenters. The fraction of sp³-hybridized carbons (Fsp3) is 0.130. The van der Waals surface area contributed by atoms with Gasteiger partial charge >= 0.3 is 5.97 Å². The average molecular weight is 551 g/mol. The lowest BCUT2D eigenvalue weighted by molar-refractivity contribution is 0.0697. The van der Waals surface area contributed by atoms with E-state index in [1.54, 1.807) is 49.4 Å². The van der Waals surface area contributed by atoms with Crippen molar-refractivity contribution in [3.05, 3.63) is 80.4 Å². The predicted octanol–water partition coefficient (Wildman–Crippen LogP) is 5.64. The Kier molecular flexibility index (Phi) is 6.97. The molecular formula is C23H20F2IN3O3. The van der Waals surface area contributed by atoms with E-state index < -0.39 is 40.3 Å². The first-order chi connectivity index (χ1) is 15.1. The number of carboxylic acid groups (broad SMARTS) is 1. The number of rotatable bonds is 6. The van der Waals surface area contributed by atoms with E-state index in [4.69, 9.17) is 0 Å². The summed E-state index contributed by atoms with van der Waals surface area (Å²) in [5.41, 5.74) is 0.562. The minimum absolute atomic E-state index is 0.356. The van der Waals surface area contributed by atoms with Crippen LogP contribution < -0.4 is 15.5 Å². The number of nitrogens with one attached hydrogen (secondary N) is 2. The van der Waals surface area contributed by atoms with Crippen molar-refractivity contribution in [1.82, 2.24) is 0 Å². The lowest BCUT2D eigenvalue weighted by atomic mass is 10.0. The van der Waals surface area contributed by atoms with E-state index in [2.05, 4.69) is 33.2 Å². The minimum Gasteiger partial charge on any atom is -0.478 e. The smallest absolute Gasteiger partial charge is 0.337 e. The van der Waals surface area contributed by atoms with Crippen LogP contribution in [0.5, 0.6) is 0 Å². The fourth-order valence-corrected chi connectivity index (χ4v) is 3.67. The molecule has 0 aromatic heterocycles. The molecule has 1 amide bonds. The molecule has 6 nitrogen and oxygen atoms in total. The van der Waals surface area contributed by atoms with Crippen molar-refractivity contribution in [3.8, 4) is 0 Å². The molecule has 0 heterocycles. The summed E-state index contributed by atoms with van der Waals surface area (Å²) in [5.74, 6) is -5.35. The molecule has 0 radical (unpaired) electrons. The summed E-state index contributed by atoms with van der Waals surface area (Å²) >= 11 is 2.10. The molecule has 3 aromatic rings. The van der Waals surface area contributed by atoms with Gasteiger partial charge in [0.05, 0.1) is 16.8 Å². The van der Waals surface area contributed by atoms with Crippen molar-refractivity contribution in [2.24, 2.45) is 0 Å². The first-order valence-corrected chi connectivity index (χ1v) is 10.5. The van der Waals surface area contributed by atoms with Gasteiger partial charge in [-0.2, -0.15) is 0 Å². The molecule has 0 saturated heterocycles. The van der Waals surface area contributed by atoms with Crippen molar-refractivity contribution in [2.75, 3.05) is 29.6 Å². The third kappa shape index (κ3) is 4.98. The Morgan fingerprint density at radius 3 is 2.19 bits per heavy atom. The molecular weight excluding hydrogens is 531 g/mol. The molecule has 9 heteroatoms. The van der Waals surface area contributed by atoms with Gasteiger partial charge in [0.2, 0.25) is 0 Å². The van der Waals surface area contributed by atoms with Crippen LogP contribution in [0.4, 0.5) is 31.5 Å². The van der Waals surface area contributed by atoms with Crippen LogP contribution in [0, 0.1) is 22.1 Å². The molecule has 0 aliphatic carbocycles. The molecule has 3 rings (SSSR count). The lowest BCUT2D eigenvalue weighted by Gasteiger charge is -2.16. The second kappa shape index (κ2) is 9.51. The number of hydrogen-bond acceptors (Lipinski definition) is 4. The second-order valence-electron chi connectivity index (χ2n) is 7.26. The van der Waals surface area contributed by atoms with Crippen molar-refractivity contribution in [2.45, 2.75) is 6.92 Å². The standard InChI is InChI=1S/C23H20F2IN3O3/c1-12-10-13(26)4-9-18(12)28-21-17(23(31)32)11-16(19(24)20(21)25)22(30)27-14-5-7-15(8-6-14)29(2)3/h4-11,28H,1-3H3,(H,27,30)(H,31,32). The number of aryl methyl sites for hydroxylation is 1. The van der Waals surface area contributed by atoms with Crippen LogP contribution in [0.1, 0.15) is 26.3 Å². The van der Waals surface area contributed by atoms with Crippen molar-refractivity contribution in [3.63, 3.8) is 0 Å². The van der Waals surface area contributed by atoms with E-state index in [-0.39, 0.29) is 0 Å². The predicted molar refractivity (Wildman–Crippen MR) is 129 cm³/mol. The number of carboxylic acids is 1. The lowest BCUT2D eigenvalue weighted by Crippen LogP contribution is -2.18. The Labute approximate surface area is 197 Å². The maximum absolute atomic E-state index is 14.9. The fourth-order valence-electron chi connectivity index (χ4n) is 3.03. The highest BCUT2D eigenvalue weighted by Gasteiger charge is 2.26. The molecule has 166 valence electrons. The zero-order valence-corrected chi connectivity index (χ0v) is 19.6. The molecule has 0 bridgehead atoms. The number of anilines is 4. The maximum Gasteiger partial charge on any atom is 0.337 e. The monoisotopic (exact) mass is 551 g/mol. The van der Waals surface area contributed by atoms with Crippen LogP contribution in [0.25, 0.3) is 0 Å². The van der Waals surface area contributed by atoms with E-state index in [9.17, 15) is 23.5 Å². The van der Waals surface area contributed by atoms with Crippen LogP contribution in [0.3, 0.4) is 0 Å². The quantitative estimate of drug-likeness (QED) is 0.346. The third-order valence-corrected chi connectivity index (χ3v) is 5.44. The summed E-state index contributed by atoms with van der Waals surface area (Å²) in [6, 6.07) is 12.7. The van der Waals surface area contributed by atoms with Crippen molar-refractivity contribution in [1.29, 1.82) is 0 Å². The van der Waals surface area contributed by atoms with Crippen molar-refractivity contribution >= 4 is 57.2 Å². The number of carbonyl (C=O) groups is 2. The first-order valence-electron chi connectivity index (χ1n) is 9.45. The van der Waals surface area contributed by atoms with E-state index in [1.165, 1.54) is 0 Å². The Morgan fingerprint density at radius 2 is 1.62 bits per heavy atom. The van der Waals surface area contributed by atoms with E-state index in [0.29, 0.717) is 11.4 Å². The summed E-state index contributed by atoms with van der Waals surface area (Å²) in [6.45, 7) is 1.75. The van der Waals surface area contributed by atoms with Gasteiger partial charge in [-0.25, -0.2) is 13.6 Å². The van der Waals surface area contributed by atoms with Gasteiger partial charge in [-0.3, -0.25) is 4.79 Å². The van der Waals surface area contributed by atoms with Gasteiger partial charge < -0.3 is 20.6 Å². The summed E-state index contributed by atoms with van der Waals surface area (Å²) < 4.78 is 30.7. The molecule has 0 aliphatic rings. The second-order valence-corrected chi connectivity index (χ2v) is 8.51. The van der Waals surface area contributed by atoms with Crippen LogP contribution in [0.2, 0.25) is 0 Å². The van der Waals surface area contributed by atoms with Gasteiger partial charge in [0, 0.05) is 34.7 Å². The molecule has 0 aliphatic heterocycles. The van der Waals surface area contributed by atoms with Crippen molar-refractivity contribution < 1.29 is 23.5 Å². The Balaban J connectivity index is 1.97. The topological polar surface area (TPSA) is 81.7 Å². The van der Waals surface area contributed by atoms with Gasteiger partial charge in [-0.15, -0.1) is 0 Å². The number of aromatic carboxylic acids is 1. The number of benzene rings is 3. The highest BCUT2D eigenvalue weighted by Crippen LogP contribution is 2.31. The number of amides is 1. The van der Waals surface area contributed by atoms with Crippen LogP contribution in [0.15, 0.2) is 48.5 Å². The van der Waals surface area contributed by atoms with Gasteiger partial charge in [0.1, 0.15) is 0 Å². The number of hydrogen-bond donors (Lipinski definition) is 3. The van der Waals surface area contributed by atoms with Crippen LogP contribution in [-0.4, -0.2) is 31.1 Å². The number of carbonyl (C=O) groups excluding carboxylic acids is 1. The van der Waals surface area contributed by atoms with E-state index in [0.717, 1.165) is 20.9 Å². The van der Waals surface area contributed by atoms with Crippen LogP contribution >= 0.6 is 22.6 Å². The molecule has 3 N–H and O–H groups in total. The average Bonchev–Trinajstić information content (AvgIpc) is 2.73. The number of halogens is 3. The molecule has 0 saturated carbocycles.